The smallest absolute Gasteiger partial charge is 0.303 e. The molecular formula is C24H28F2N8O2. The second-order valence-electron chi connectivity index (χ2n) is 9.37. The molecule has 0 spiro atoms. The second-order valence-corrected chi connectivity index (χ2v) is 9.37. The van der Waals surface area contributed by atoms with Crippen LogP contribution in [0.1, 0.15) is 51.6 Å². The zero-order valence-corrected chi connectivity index (χ0v) is 20.5. The lowest BCUT2D eigenvalue weighted by Gasteiger charge is -2.24. The predicted molar refractivity (Wildman–Crippen MR) is 129 cm³/mol. The molecule has 3 aromatic rings. The maximum atomic E-state index is 14.2. The summed E-state index contributed by atoms with van der Waals surface area (Å²) in [5.74, 6) is -2.75. The van der Waals surface area contributed by atoms with Gasteiger partial charge >= 0.3 is 5.92 Å². The molecule has 10 nitrogen and oxygen atoms in total. The van der Waals surface area contributed by atoms with E-state index in [4.69, 9.17) is 5.10 Å². The van der Waals surface area contributed by atoms with Crippen molar-refractivity contribution < 1.29 is 18.4 Å². The number of likely N-dealkylation sites (tertiary alicyclic amines) is 1. The maximum Gasteiger partial charge on any atom is 0.303 e. The SMILES string of the molecule is CCc1cc(-n2nc(N3CCC(N4CCCC4=O)C3)c3cnc(NC(C)=O)cc32)nc(C(C)(F)F)n1. The zero-order valence-electron chi connectivity index (χ0n) is 20.5. The van der Waals surface area contributed by atoms with E-state index in [1.165, 1.54) is 11.6 Å². The lowest BCUT2D eigenvalue weighted by atomic mass is 10.2. The molecule has 5 rings (SSSR count). The molecular weight excluding hydrogens is 470 g/mol. The number of halogens is 2. The van der Waals surface area contributed by atoms with Crippen molar-refractivity contribution in [3.8, 4) is 5.82 Å². The molecule has 12 heteroatoms. The fourth-order valence-corrected chi connectivity index (χ4v) is 4.86. The summed E-state index contributed by atoms with van der Waals surface area (Å²) < 4.78 is 29.9. The van der Waals surface area contributed by atoms with Gasteiger partial charge in [0, 0.05) is 63.9 Å². The Morgan fingerprint density at radius 1 is 1.25 bits per heavy atom. The number of alkyl halides is 2. The van der Waals surface area contributed by atoms with Crippen LogP contribution in [-0.4, -0.2) is 67.1 Å². The van der Waals surface area contributed by atoms with Gasteiger partial charge in [-0.2, -0.15) is 8.78 Å². The lowest BCUT2D eigenvalue weighted by molar-refractivity contribution is -0.129. The van der Waals surface area contributed by atoms with Crippen LogP contribution in [0.15, 0.2) is 18.3 Å². The molecule has 0 aromatic carbocycles. The molecule has 36 heavy (non-hydrogen) atoms. The molecule has 2 amide bonds. The Balaban J connectivity index is 1.61. The molecule has 5 heterocycles. The quantitative estimate of drug-likeness (QED) is 0.556. The highest BCUT2D eigenvalue weighted by molar-refractivity contribution is 5.95. The normalized spacial score (nSPS) is 18.5. The monoisotopic (exact) mass is 498 g/mol. The summed E-state index contributed by atoms with van der Waals surface area (Å²) in [6, 6.07) is 3.39. The van der Waals surface area contributed by atoms with Gasteiger partial charge < -0.3 is 15.1 Å². The number of aromatic nitrogens is 5. The number of fused-ring (bicyclic) bond motifs is 1. The number of nitrogens with zero attached hydrogens (tertiary/aromatic N) is 7. The highest BCUT2D eigenvalue weighted by atomic mass is 19.3. The van der Waals surface area contributed by atoms with Crippen molar-refractivity contribution in [3.63, 3.8) is 0 Å². The first-order valence-electron chi connectivity index (χ1n) is 12.1. The first-order valence-corrected chi connectivity index (χ1v) is 12.1. The van der Waals surface area contributed by atoms with Crippen molar-refractivity contribution >= 4 is 34.4 Å². The van der Waals surface area contributed by atoms with Crippen LogP contribution in [-0.2, 0) is 21.9 Å². The number of rotatable bonds is 6. The number of hydrogen-bond donors (Lipinski definition) is 1. The molecule has 1 atom stereocenters. The Labute approximate surface area is 206 Å². The van der Waals surface area contributed by atoms with Crippen molar-refractivity contribution in [2.75, 3.05) is 29.9 Å². The van der Waals surface area contributed by atoms with Gasteiger partial charge in [0.15, 0.2) is 11.6 Å². The van der Waals surface area contributed by atoms with Gasteiger partial charge in [-0.1, -0.05) is 6.92 Å². The Morgan fingerprint density at radius 2 is 2.06 bits per heavy atom. The second kappa shape index (κ2) is 9.07. The summed E-state index contributed by atoms with van der Waals surface area (Å²) in [4.78, 5) is 40.5. The third-order valence-corrected chi connectivity index (χ3v) is 6.60. The van der Waals surface area contributed by atoms with Crippen LogP contribution in [0.2, 0.25) is 0 Å². The Bertz CT molecular complexity index is 1340. The summed E-state index contributed by atoms with van der Waals surface area (Å²) in [5.41, 5.74) is 1.03. The average Bonchev–Trinajstić information content (AvgIpc) is 3.55. The minimum Gasteiger partial charge on any atom is -0.352 e. The van der Waals surface area contributed by atoms with E-state index in [2.05, 4.69) is 25.2 Å². The van der Waals surface area contributed by atoms with Crippen LogP contribution in [0.25, 0.3) is 16.7 Å². The summed E-state index contributed by atoms with van der Waals surface area (Å²) in [5, 5.41) is 8.15. The van der Waals surface area contributed by atoms with E-state index in [-0.39, 0.29) is 23.7 Å². The fourth-order valence-electron chi connectivity index (χ4n) is 4.86. The van der Waals surface area contributed by atoms with Crippen LogP contribution < -0.4 is 10.2 Å². The fraction of sp³-hybridized carbons (Fsp3) is 0.500. The molecule has 1 N–H and O–H groups in total. The predicted octanol–water partition coefficient (Wildman–Crippen LogP) is 3.04. The molecule has 190 valence electrons. The molecule has 2 fully saturated rings. The first kappa shape index (κ1) is 24.0. The van der Waals surface area contributed by atoms with Gasteiger partial charge in [-0.25, -0.2) is 19.6 Å². The van der Waals surface area contributed by atoms with Crippen molar-refractivity contribution in [1.29, 1.82) is 0 Å². The number of amides is 2. The van der Waals surface area contributed by atoms with E-state index in [1.807, 2.05) is 11.8 Å². The lowest BCUT2D eigenvalue weighted by Crippen LogP contribution is -2.38. The summed E-state index contributed by atoms with van der Waals surface area (Å²) in [6.45, 7) is 6.05. The van der Waals surface area contributed by atoms with Gasteiger partial charge in [-0.15, -0.1) is 5.10 Å². The number of carbonyl (C=O) groups is 2. The average molecular weight is 499 g/mol. The van der Waals surface area contributed by atoms with Crippen LogP contribution in [0.3, 0.4) is 0 Å². The Morgan fingerprint density at radius 3 is 2.72 bits per heavy atom. The van der Waals surface area contributed by atoms with Crippen LogP contribution in [0.5, 0.6) is 0 Å². The van der Waals surface area contributed by atoms with E-state index < -0.39 is 11.7 Å². The summed E-state index contributed by atoms with van der Waals surface area (Å²) >= 11 is 0. The van der Waals surface area contributed by atoms with Crippen molar-refractivity contribution in [1.82, 2.24) is 29.6 Å². The largest absolute Gasteiger partial charge is 0.352 e. The summed E-state index contributed by atoms with van der Waals surface area (Å²) in [6.07, 6.45) is 4.34. The van der Waals surface area contributed by atoms with E-state index in [1.54, 1.807) is 18.3 Å². The van der Waals surface area contributed by atoms with Gasteiger partial charge in [0.1, 0.15) is 5.82 Å². The van der Waals surface area contributed by atoms with Gasteiger partial charge in [-0.05, 0) is 19.3 Å². The molecule has 2 aliphatic heterocycles. The van der Waals surface area contributed by atoms with Crippen LogP contribution in [0, 0.1) is 0 Å². The maximum absolute atomic E-state index is 14.2. The third kappa shape index (κ3) is 4.47. The van der Waals surface area contributed by atoms with E-state index in [9.17, 15) is 18.4 Å². The number of hydrogen-bond acceptors (Lipinski definition) is 7. The van der Waals surface area contributed by atoms with E-state index in [0.717, 1.165) is 26.3 Å². The number of pyridine rings is 1. The number of carbonyl (C=O) groups excluding carboxylic acids is 2. The van der Waals surface area contributed by atoms with E-state index >= 15 is 0 Å². The summed E-state index contributed by atoms with van der Waals surface area (Å²) in [7, 11) is 0. The van der Waals surface area contributed by atoms with Gasteiger partial charge in [-0.3, -0.25) is 9.59 Å². The molecule has 1 unspecified atom stereocenters. The zero-order chi connectivity index (χ0) is 25.6. The van der Waals surface area contributed by atoms with Crippen molar-refractivity contribution in [2.24, 2.45) is 0 Å². The number of aryl methyl sites for hydroxylation is 1. The molecule has 0 aliphatic carbocycles. The van der Waals surface area contributed by atoms with E-state index in [0.29, 0.717) is 54.2 Å². The van der Waals surface area contributed by atoms with Gasteiger partial charge in [0.25, 0.3) is 0 Å². The molecule has 2 aliphatic rings. The highest BCUT2D eigenvalue weighted by Gasteiger charge is 2.35. The van der Waals surface area contributed by atoms with Gasteiger partial charge in [0.2, 0.25) is 17.6 Å². The van der Waals surface area contributed by atoms with Crippen molar-refractivity contribution in [3.05, 3.63) is 29.8 Å². The minimum absolute atomic E-state index is 0.0999. The molecule has 2 saturated heterocycles. The number of anilines is 2. The molecule has 0 saturated carbocycles. The first-order chi connectivity index (χ1) is 17.1. The third-order valence-electron chi connectivity index (χ3n) is 6.60. The molecule has 0 bridgehead atoms. The van der Waals surface area contributed by atoms with Crippen molar-refractivity contribution in [2.45, 2.75) is 58.4 Å². The molecule has 3 aromatic heterocycles. The van der Waals surface area contributed by atoms with Crippen LogP contribution in [0.4, 0.5) is 20.4 Å². The van der Waals surface area contributed by atoms with Gasteiger partial charge in [0.05, 0.1) is 16.9 Å². The topological polar surface area (TPSA) is 109 Å². The Hall–Kier alpha value is -3.70. The number of nitrogens with one attached hydrogen (secondary N) is 1. The minimum atomic E-state index is -3.22. The molecule has 0 radical (unpaired) electrons. The standard InChI is InChI=1S/C24H28F2N8O2/c1-4-15-10-20(30-23(29-15)24(3,25)26)34-18-11-19(28-14(2)35)27-12-17(18)22(31-34)32-9-7-16(13-32)33-8-5-6-21(33)36/h10-12,16H,4-9,13H2,1-3H3,(H,27,28,35). The van der Waals surface area contributed by atoms with Crippen LogP contribution >= 0.6 is 0 Å². The highest BCUT2D eigenvalue weighted by Crippen LogP contribution is 2.33. The Kier molecular flexibility index (Phi) is 6.05.